The molecular weight excluding hydrogens is 344 g/mol. The number of benzene rings is 1. The summed E-state index contributed by atoms with van der Waals surface area (Å²) in [5.41, 5.74) is 6.77. The van der Waals surface area contributed by atoms with Gasteiger partial charge in [0.25, 0.3) is 0 Å². The molecule has 0 aliphatic carbocycles. The highest BCUT2D eigenvalue weighted by atomic mass is 35.5. The predicted molar refractivity (Wildman–Crippen MR) is 97.2 cm³/mol. The van der Waals surface area contributed by atoms with Gasteiger partial charge < -0.3 is 20.1 Å². The van der Waals surface area contributed by atoms with Gasteiger partial charge in [-0.05, 0) is 46.2 Å². The molecule has 0 radical (unpaired) electrons. The number of rotatable bonds is 4. The van der Waals surface area contributed by atoms with Crippen LogP contribution in [0.1, 0.15) is 49.8 Å². The van der Waals surface area contributed by atoms with Crippen LogP contribution in [0.2, 0.25) is 5.02 Å². The minimum Gasteiger partial charge on any atom is -0.477 e. The Kier molecular flexibility index (Phi) is 5.16. The molecule has 2 aromatic rings. The minimum atomic E-state index is -1.12. The predicted octanol–water partition coefficient (Wildman–Crippen LogP) is 3.53. The molecule has 0 saturated carbocycles. The Balaban J connectivity index is 2.58. The van der Waals surface area contributed by atoms with Gasteiger partial charge >= 0.3 is 11.9 Å². The van der Waals surface area contributed by atoms with Crippen molar-refractivity contribution in [3.8, 4) is 0 Å². The molecule has 1 heterocycles. The first-order valence-electron chi connectivity index (χ1n) is 7.96. The molecule has 2 rings (SSSR count). The van der Waals surface area contributed by atoms with Crippen LogP contribution < -0.4 is 5.73 Å². The van der Waals surface area contributed by atoms with Crippen molar-refractivity contribution in [3.05, 3.63) is 34.5 Å². The van der Waals surface area contributed by atoms with Crippen LogP contribution in [0.5, 0.6) is 0 Å². The number of halogens is 1. The maximum atomic E-state index is 12.3. The summed E-state index contributed by atoms with van der Waals surface area (Å²) >= 11 is 6.41. The average molecular weight is 367 g/mol. The highest BCUT2D eigenvalue weighted by molar-refractivity contribution is 6.36. The number of nitrogens with zero attached hydrogens (tertiary/aromatic N) is 1. The van der Waals surface area contributed by atoms with E-state index in [1.807, 2.05) is 13.0 Å². The lowest BCUT2D eigenvalue weighted by Gasteiger charge is -2.27. The molecule has 0 amide bonds. The SMILES string of the molecule is Cc1ccc2cc(C(=O)O)n([C@H](C)[C@@H](N)C(=O)OC(C)(C)C)c2c1Cl. The van der Waals surface area contributed by atoms with Gasteiger partial charge in [0, 0.05) is 5.39 Å². The van der Waals surface area contributed by atoms with Gasteiger partial charge in [-0.15, -0.1) is 0 Å². The molecular formula is C18H23ClN2O4. The fraction of sp³-hybridized carbons (Fsp3) is 0.444. The first-order chi connectivity index (χ1) is 11.4. The lowest BCUT2D eigenvalue weighted by Crippen LogP contribution is -2.43. The summed E-state index contributed by atoms with van der Waals surface area (Å²) in [5, 5.41) is 10.7. The molecule has 0 bridgehead atoms. The van der Waals surface area contributed by atoms with Crippen molar-refractivity contribution >= 4 is 34.4 Å². The summed E-state index contributed by atoms with van der Waals surface area (Å²) in [6.45, 7) is 8.75. The summed E-state index contributed by atoms with van der Waals surface area (Å²) in [5.74, 6) is -1.71. The summed E-state index contributed by atoms with van der Waals surface area (Å²) < 4.78 is 6.83. The third-order valence-corrected chi connectivity index (χ3v) is 4.44. The maximum absolute atomic E-state index is 12.3. The number of aromatic carboxylic acids is 1. The number of aryl methyl sites for hydroxylation is 1. The second kappa shape index (κ2) is 6.69. The molecule has 3 N–H and O–H groups in total. The van der Waals surface area contributed by atoms with Crippen LogP contribution in [0, 0.1) is 6.92 Å². The fourth-order valence-corrected chi connectivity index (χ4v) is 2.96. The molecule has 6 nitrogen and oxygen atoms in total. The van der Waals surface area contributed by atoms with E-state index in [2.05, 4.69) is 0 Å². The van der Waals surface area contributed by atoms with Crippen molar-refractivity contribution in [2.24, 2.45) is 5.73 Å². The Bertz CT molecular complexity index is 836. The van der Waals surface area contributed by atoms with Crippen LogP contribution in [-0.4, -0.2) is 33.3 Å². The van der Waals surface area contributed by atoms with Crippen LogP contribution in [-0.2, 0) is 9.53 Å². The molecule has 7 heteroatoms. The number of hydrogen-bond donors (Lipinski definition) is 2. The Hall–Kier alpha value is -2.05. The summed E-state index contributed by atoms with van der Waals surface area (Å²) in [4.78, 5) is 24.0. The van der Waals surface area contributed by atoms with Crippen LogP contribution in [0.15, 0.2) is 18.2 Å². The number of hydrogen-bond acceptors (Lipinski definition) is 4. The number of esters is 1. The topological polar surface area (TPSA) is 94.5 Å². The zero-order chi connectivity index (χ0) is 19.1. The lowest BCUT2D eigenvalue weighted by atomic mass is 10.1. The molecule has 0 aliphatic heterocycles. The van der Waals surface area contributed by atoms with Gasteiger partial charge in [0.15, 0.2) is 0 Å². The van der Waals surface area contributed by atoms with Gasteiger partial charge in [-0.3, -0.25) is 4.79 Å². The van der Waals surface area contributed by atoms with E-state index in [0.29, 0.717) is 15.9 Å². The van der Waals surface area contributed by atoms with E-state index in [-0.39, 0.29) is 5.69 Å². The summed E-state index contributed by atoms with van der Waals surface area (Å²) in [6.07, 6.45) is 0. The lowest BCUT2D eigenvalue weighted by molar-refractivity contribution is -0.157. The van der Waals surface area contributed by atoms with Gasteiger partial charge in [-0.1, -0.05) is 23.7 Å². The van der Waals surface area contributed by atoms with E-state index in [9.17, 15) is 14.7 Å². The van der Waals surface area contributed by atoms with Crippen LogP contribution in [0.3, 0.4) is 0 Å². The van der Waals surface area contributed by atoms with Crippen molar-refractivity contribution in [3.63, 3.8) is 0 Å². The monoisotopic (exact) mass is 366 g/mol. The molecule has 136 valence electrons. The number of carbonyl (C=O) groups excluding carboxylic acids is 1. The molecule has 0 spiro atoms. The van der Waals surface area contributed by atoms with Crippen molar-refractivity contribution in [1.82, 2.24) is 4.57 Å². The quantitative estimate of drug-likeness (QED) is 0.807. The zero-order valence-electron chi connectivity index (χ0n) is 15.0. The van der Waals surface area contributed by atoms with Crippen molar-refractivity contribution in [1.29, 1.82) is 0 Å². The smallest absolute Gasteiger partial charge is 0.352 e. The Morgan fingerprint density at radius 2 is 1.92 bits per heavy atom. The Morgan fingerprint density at radius 3 is 2.44 bits per heavy atom. The third kappa shape index (κ3) is 3.80. The summed E-state index contributed by atoms with van der Waals surface area (Å²) in [7, 11) is 0. The van der Waals surface area contributed by atoms with E-state index in [1.165, 1.54) is 10.6 Å². The second-order valence-electron chi connectivity index (χ2n) is 7.14. The molecule has 1 aromatic heterocycles. The fourth-order valence-electron chi connectivity index (χ4n) is 2.69. The Labute approximate surface area is 151 Å². The van der Waals surface area contributed by atoms with Gasteiger partial charge in [-0.2, -0.15) is 0 Å². The third-order valence-electron chi connectivity index (χ3n) is 3.96. The van der Waals surface area contributed by atoms with E-state index < -0.39 is 29.6 Å². The standard InChI is InChI=1S/C18H23ClN2O4/c1-9-6-7-11-8-12(16(22)23)21(15(11)13(9)19)10(2)14(20)17(24)25-18(3,4)5/h6-8,10,14H,20H2,1-5H3,(H,22,23)/t10-,14-/m1/s1. The maximum Gasteiger partial charge on any atom is 0.352 e. The molecule has 0 unspecified atom stereocenters. The number of nitrogens with two attached hydrogens (primary N) is 1. The second-order valence-corrected chi connectivity index (χ2v) is 7.52. The zero-order valence-corrected chi connectivity index (χ0v) is 15.7. The van der Waals surface area contributed by atoms with E-state index in [1.54, 1.807) is 33.8 Å². The first kappa shape index (κ1) is 19.3. The van der Waals surface area contributed by atoms with Crippen LogP contribution >= 0.6 is 11.6 Å². The molecule has 0 fully saturated rings. The highest BCUT2D eigenvalue weighted by Gasteiger charge is 2.31. The average Bonchev–Trinajstić information content (AvgIpc) is 2.88. The van der Waals surface area contributed by atoms with E-state index >= 15 is 0 Å². The molecule has 25 heavy (non-hydrogen) atoms. The first-order valence-corrected chi connectivity index (χ1v) is 8.33. The Morgan fingerprint density at radius 1 is 1.32 bits per heavy atom. The number of carboxylic acids is 1. The van der Waals surface area contributed by atoms with Crippen molar-refractivity contribution in [2.75, 3.05) is 0 Å². The van der Waals surface area contributed by atoms with Gasteiger partial charge in [-0.25, -0.2) is 4.79 Å². The number of carbonyl (C=O) groups is 2. The van der Waals surface area contributed by atoms with Crippen LogP contribution in [0.4, 0.5) is 0 Å². The van der Waals surface area contributed by atoms with Crippen molar-refractivity contribution < 1.29 is 19.4 Å². The van der Waals surface area contributed by atoms with E-state index in [0.717, 1.165) is 5.56 Å². The number of aromatic nitrogens is 1. The highest BCUT2D eigenvalue weighted by Crippen LogP contribution is 2.33. The number of ether oxygens (including phenoxy) is 1. The molecule has 0 saturated heterocycles. The number of carboxylic acid groups (broad SMARTS) is 1. The molecule has 2 atom stereocenters. The largest absolute Gasteiger partial charge is 0.477 e. The minimum absolute atomic E-state index is 0.0222. The normalized spacial score (nSPS) is 14.4. The molecule has 0 aliphatic rings. The van der Waals surface area contributed by atoms with Crippen LogP contribution in [0.25, 0.3) is 10.9 Å². The molecule has 1 aromatic carbocycles. The number of fused-ring (bicyclic) bond motifs is 1. The van der Waals surface area contributed by atoms with Crippen molar-refractivity contribution in [2.45, 2.75) is 52.3 Å². The van der Waals surface area contributed by atoms with Gasteiger partial charge in [0.1, 0.15) is 17.3 Å². The van der Waals surface area contributed by atoms with Gasteiger partial charge in [0.05, 0.1) is 16.6 Å². The van der Waals surface area contributed by atoms with Gasteiger partial charge in [0.2, 0.25) is 0 Å². The summed E-state index contributed by atoms with van der Waals surface area (Å²) in [6, 6.07) is 3.45. The van der Waals surface area contributed by atoms with E-state index in [4.69, 9.17) is 22.1 Å².